The molecule has 5 unspecified atom stereocenters. The van der Waals surface area contributed by atoms with E-state index >= 15 is 0 Å². The van der Waals surface area contributed by atoms with Crippen LogP contribution in [0.15, 0.2) is 0 Å². The van der Waals surface area contributed by atoms with Gasteiger partial charge in [-0.3, -0.25) is 14.4 Å². The molecule has 3 saturated carbocycles. The van der Waals surface area contributed by atoms with Gasteiger partial charge in [0.05, 0.1) is 12.3 Å². The third-order valence-electron chi connectivity index (χ3n) is 10.6. The van der Waals surface area contributed by atoms with Crippen LogP contribution in [0.1, 0.15) is 106 Å². The summed E-state index contributed by atoms with van der Waals surface area (Å²) < 4.78 is 0. The topological polar surface area (TPSA) is 91.7 Å². The molecular weight excluding hydrogens is 428 g/mol. The van der Waals surface area contributed by atoms with E-state index in [1.807, 2.05) is 6.92 Å². The molecule has 0 aromatic rings. The molecule has 0 heterocycles. The van der Waals surface area contributed by atoms with Gasteiger partial charge in [0.25, 0.3) is 0 Å². The third-order valence-corrected chi connectivity index (χ3v) is 10.6. The molecule has 2 N–H and O–H groups in total. The van der Waals surface area contributed by atoms with Gasteiger partial charge in [-0.2, -0.15) is 0 Å². The second-order valence-corrected chi connectivity index (χ2v) is 13.2. The van der Waals surface area contributed by atoms with Gasteiger partial charge in [0.15, 0.2) is 0 Å². The van der Waals surface area contributed by atoms with Crippen LogP contribution in [-0.2, 0) is 14.4 Å². The molecule has 5 heteroatoms. The summed E-state index contributed by atoms with van der Waals surface area (Å²) in [6.07, 6.45) is 8.65. The fraction of sp³-hybridized carbons (Fsp3) is 0.897. The Bertz CT molecular complexity index is 774. The Morgan fingerprint density at radius 2 is 1.71 bits per heavy atom. The Labute approximate surface area is 206 Å². The fourth-order valence-electron chi connectivity index (χ4n) is 8.86. The Hall–Kier alpha value is -1.39. The Morgan fingerprint density at radius 3 is 2.29 bits per heavy atom. The van der Waals surface area contributed by atoms with Crippen molar-refractivity contribution in [1.29, 1.82) is 0 Å². The standard InChI is InChI=1S/C29H48O5/c1-17(2)8-7-9-18(3)21-10-11-22-26-19(4)14-24(30)29(6,23(26)12-13-28(21,22)5)16-20(27(33)34)15-25(31)32/h17-23,26H,7-16H2,1-6H3,(H,31,32)(H,33,34)/t18?,19-,20+,21?,22?,23?,26?,28+,29+/m0/s1. The molecule has 0 aromatic heterocycles. The fourth-order valence-corrected chi connectivity index (χ4v) is 8.86. The highest BCUT2D eigenvalue weighted by atomic mass is 16.4. The molecule has 0 aromatic carbocycles. The molecule has 34 heavy (non-hydrogen) atoms. The predicted octanol–water partition coefficient (Wildman–Crippen LogP) is 6.69. The van der Waals surface area contributed by atoms with Crippen LogP contribution in [0.4, 0.5) is 0 Å². The third kappa shape index (κ3) is 5.09. The molecule has 0 aliphatic heterocycles. The number of carboxylic acids is 2. The lowest BCUT2D eigenvalue weighted by molar-refractivity contribution is -0.160. The first-order valence-corrected chi connectivity index (χ1v) is 13.8. The monoisotopic (exact) mass is 476 g/mol. The highest BCUT2D eigenvalue weighted by Crippen LogP contribution is 2.67. The number of ketones is 1. The SMILES string of the molecule is CC(C)CCCC(C)C1CCC2C3C(CC[C@]12C)[C@@](C)(C[C@@H](CC(=O)O)C(=O)O)C(=O)C[C@@H]3C. The zero-order valence-corrected chi connectivity index (χ0v) is 22.3. The van der Waals surface area contributed by atoms with E-state index in [4.69, 9.17) is 0 Å². The van der Waals surface area contributed by atoms with Gasteiger partial charge in [0.2, 0.25) is 0 Å². The van der Waals surface area contributed by atoms with E-state index in [-0.39, 0.29) is 18.1 Å². The molecule has 9 atom stereocenters. The van der Waals surface area contributed by atoms with E-state index in [9.17, 15) is 24.6 Å². The van der Waals surface area contributed by atoms with Crippen molar-refractivity contribution < 1.29 is 24.6 Å². The van der Waals surface area contributed by atoms with Crippen molar-refractivity contribution in [1.82, 2.24) is 0 Å². The molecule has 5 nitrogen and oxygen atoms in total. The van der Waals surface area contributed by atoms with Crippen molar-refractivity contribution in [2.24, 2.45) is 58.2 Å². The quantitative estimate of drug-likeness (QED) is 0.366. The molecule has 3 rings (SSSR count). The molecule has 0 saturated heterocycles. The van der Waals surface area contributed by atoms with Crippen LogP contribution in [0.3, 0.4) is 0 Å². The van der Waals surface area contributed by atoms with Crippen LogP contribution >= 0.6 is 0 Å². The van der Waals surface area contributed by atoms with Crippen molar-refractivity contribution in [3.05, 3.63) is 0 Å². The van der Waals surface area contributed by atoms with Crippen LogP contribution < -0.4 is 0 Å². The van der Waals surface area contributed by atoms with Gasteiger partial charge in [0.1, 0.15) is 5.78 Å². The maximum absolute atomic E-state index is 13.4. The number of carbonyl (C=O) groups is 3. The number of aliphatic carboxylic acids is 2. The van der Waals surface area contributed by atoms with E-state index in [0.29, 0.717) is 35.5 Å². The summed E-state index contributed by atoms with van der Waals surface area (Å²) in [5, 5.41) is 19.0. The normalized spacial score (nSPS) is 39.4. The lowest BCUT2D eigenvalue weighted by Gasteiger charge is -2.58. The minimum Gasteiger partial charge on any atom is -0.481 e. The Balaban J connectivity index is 1.83. The Kier molecular flexibility index (Phi) is 8.24. The van der Waals surface area contributed by atoms with Crippen molar-refractivity contribution in [2.75, 3.05) is 0 Å². The van der Waals surface area contributed by atoms with Gasteiger partial charge in [-0.25, -0.2) is 0 Å². The van der Waals surface area contributed by atoms with Crippen molar-refractivity contribution in [3.63, 3.8) is 0 Å². The van der Waals surface area contributed by atoms with Crippen LogP contribution in [-0.4, -0.2) is 27.9 Å². The van der Waals surface area contributed by atoms with E-state index in [0.717, 1.165) is 24.7 Å². The summed E-state index contributed by atoms with van der Waals surface area (Å²) in [5.74, 6) is 0.606. The number of rotatable bonds is 10. The minimum absolute atomic E-state index is 0.151. The lowest BCUT2D eigenvalue weighted by atomic mass is 9.45. The van der Waals surface area contributed by atoms with Gasteiger partial charge in [0, 0.05) is 11.8 Å². The second kappa shape index (κ2) is 10.3. The van der Waals surface area contributed by atoms with Gasteiger partial charge >= 0.3 is 11.9 Å². The average molecular weight is 477 g/mol. The van der Waals surface area contributed by atoms with Gasteiger partial charge in [-0.1, -0.05) is 60.8 Å². The summed E-state index contributed by atoms with van der Waals surface area (Å²) in [7, 11) is 0. The number of hydrogen-bond donors (Lipinski definition) is 2. The van der Waals surface area contributed by atoms with Gasteiger partial charge < -0.3 is 10.2 Å². The molecule has 0 radical (unpaired) electrons. The maximum Gasteiger partial charge on any atom is 0.307 e. The minimum atomic E-state index is -1.11. The summed E-state index contributed by atoms with van der Waals surface area (Å²) >= 11 is 0. The highest BCUT2D eigenvalue weighted by molar-refractivity contribution is 5.87. The summed E-state index contributed by atoms with van der Waals surface area (Å²) in [6, 6.07) is 0. The van der Waals surface area contributed by atoms with Crippen molar-refractivity contribution in [2.45, 2.75) is 106 Å². The summed E-state index contributed by atoms with van der Waals surface area (Å²) in [4.78, 5) is 36.6. The summed E-state index contributed by atoms with van der Waals surface area (Å²) in [6.45, 7) is 13.7. The van der Waals surface area contributed by atoms with Crippen LogP contribution in [0.25, 0.3) is 0 Å². The largest absolute Gasteiger partial charge is 0.481 e. The van der Waals surface area contributed by atoms with Crippen LogP contribution in [0, 0.1) is 58.2 Å². The smallest absolute Gasteiger partial charge is 0.307 e. The number of hydrogen-bond acceptors (Lipinski definition) is 3. The van der Waals surface area contributed by atoms with Crippen LogP contribution in [0.5, 0.6) is 0 Å². The van der Waals surface area contributed by atoms with E-state index in [1.54, 1.807) is 0 Å². The van der Waals surface area contributed by atoms with Gasteiger partial charge in [-0.05, 0) is 78.9 Å². The maximum atomic E-state index is 13.4. The van der Waals surface area contributed by atoms with Crippen molar-refractivity contribution >= 4 is 17.7 Å². The average Bonchev–Trinajstić information content (AvgIpc) is 3.07. The first-order chi connectivity index (χ1) is 15.8. The molecular formula is C29H48O5. The molecule has 3 fully saturated rings. The number of Topliss-reactive ketones (excluding diaryl/α,β-unsaturated/α-hetero) is 1. The lowest BCUT2D eigenvalue weighted by Crippen LogP contribution is -2.56. The molecule has 194 valence electrons. The number of fused-ring (bicyclic) bond motifs is 3. The summed E-state index contributed by atoms with van der Waals surface area (Å²) in [5.41, 5.74) is -0.445. The van der Waals surface area contributed by atoms with Gasteiger partial charge in [-0.15, -0.1) is 0 Å². The highest BCUT2D eigenvalue weighted by Gasteiger charge is 2.62. The zero-order chi connectivity index (χ0) is 25.4. The number of carboxylic acid groups (broad SMARTS) is 2. The molecule has 0 amide bonds. The Morgan fingerprint density at radius 1 is 1.03 bits per heavy atom. The van der Waals surface area contributed by atoms with Crippen LogP contribution in [0.2, 0.25) is 0 Å². The zero-order valence-electron chi connectivity index (χ0n) is 22.3. The molecule has 3 aliphatic carbocycles. The second-order valence-electron chi connectivity index (χ2n) is 13.2. The van der Waals surface area contributed by atoms with E-state index < -0.39 is 29.7 Å². The first-order valence-electron chi connectivity index (χ1n) is 13.8. The number of carbonyl (C=O) groups excluding carboxylic acids is 1. The first kappa shape index (κ1) is 27.2. The molecule has 0 bridgehead atoms. The van der Waals surface area contributed by atoms with E-state index in [2.05, 4.69) is 34.6 Å². The molecule has 0 spiro atoms. The van der Waals surface area contributed by atoms with E-state index in [1.165, 1.54) is 32.1 Å². The van der Waals surface area contributed by atoms with Crippen molar-refractivity contribution in [3.8, 4) is 0 Å². The predicted molar refractivity (Wildman–Crippen MR) is 133 cm³/mol. The molecule has 3 aliphatic rings.